The quantitative estimate of drug-likeness (QED) is 0.744. The van der Waals surface area contributed by atoms with E-state index in [4.69, 9.17) is 11.6 Å². The largest absolute Gasteiger partial charge is 0.355 e. The molecule has 0 saturated heterocycles. The summed E-state index contributed by atoms with van der Waals surface area (Å²) >= 11 is 6.14. The zero-order valence-corrected chi connectivity index (χ0v) is 13.8. The standard InChI is InChI=1S/C17H30ClNO/c1-13(2)11-17(9-3-4-10-17)16(20)19-12-14-5-7-15(18)8-6-14/h13-15H,3-12H2,1-2H3,(H,19,20). The van der Waals surface area contributed by atoms with Gasteiger partial charge in [-0.2, -0.15) is 0 Å². The summed E-state index contributed by atoms with van der Waals surface area (Å²) in [4.78, 5) is 12.7. The third-order valence-corrected chi connectivity index (χ3v) is 5.61. The lowest BCUT2D eigenvalue weighted by atomic mass is 9.77. The maximum Gasteiger partial charge on any atom is 0.226 e. The van der Waals surface area contributed by atoms with Gasteiger partial charge in [0.2, 0.25) is 5.91 Å². The molecule has 0 bridgehead atoms. The maximum atomic E-state index is 12.7. The van der Waals surface area contributed by atoms with Gasteiger partial charge < -0.3 is 5.32 Å². The summed E-state index contributed by atoms with van der Waals surface area (Å²) in [6.45, 7) is 5.33. The summed E-state index contributed by atoms with van der Waals surface area (Å²) in [6.07, 6.45) is 10.2. The van der Waals surface area contributed by atoms with Gasteiger partial charge in [-0.3, -0.25) is 4.79 Å². The second-order valence-corrected chi connectivity index (χ2v) is 8.03. The van der Waals surface area contributed by atoms with Crippen LogP contribution >= 0.6 is 11.6 Å². The van der Waals surface area contributed by atoms with E-state index in [1.54, 1.807) is 0 Å². The van der Waals surface area contributed by atoms with Gasteiger partial charge in [-0.05, 0) is 56.8 Å². The molecule has 0 radical (unpaired) electrons. The van der Waals surface area contributed by atoms with E-state index in [1.165, 1.54) is 25.7 Å². The van der Waals surface area contributed by atoms with E-state index in [1.807, 2.05) is 0 Å². The molecule has 0 aromatic carbocycles. The molecule has 0 aromatic heterocycles. The van der Waals surface area contributed by atoms with E-state index in [2.05, 4.69) is 19.2 Å². The minimum absolute atomic E-state index is 0.0577. The number of carbonyl (C=O) groups is 1. The monoisotopic (exact) mass is 299 g/mol. The predicted molar refractivity (Wildman–Crippen MR) is 85.0 cm³/mol. The Bertz CT molecular complexity index is 315. The van der Waals surface area contributed by atoms with Crippen LogP contribution in [0.3, 0.4) is 0 Å². The van der Waals surface area contributed by atoms with Crippen LogP contribution in [0.25, 0.3) is 0 Å². The first-order valence-electron chi connectivity index (χ1n) is 8.44. The fourth-order valence-corrected chi connectivity index (χ4v) is 4.36. The lowest BCUT2D eigenvalue weighted by Gasteiger charge is -2.31. The molecule has 1 amide bonds. The van der Waals surface area contributed by atoms with E-state index in [0.29, 0.717) is 23.1 Å². The Balaban J connectivity index is 1.83. The Morgan fingerprint density at radius 2 is 1.80 bits per heavy atom. The van der Waals surface area contributed by atoms with Crippen LogP contribution in [-0.2, 0) is 4.79 Å². The van der Waals surface area contributed by atoms with E-state index < -0.39 is 0 Å². The molecule has 2 rings (SSSR count). The van der Waals surface area contributed by atoms with E-state index in [0.717, 1.165) is 38.6 Å². The van der Waals surface area contributed by atoms with Gasteiger partial charge in [0, 0.05) is 17.3 Å². The molecule has 20 heavy (non-hydrogen) atoms. The molecule has 116 valence electrons. The van der Waals surface area contributed by atoms with Crippen molar-refractivity contribution in [1.29, 1.82) is 0 Å². The Kier molecular flexibility index (Phi) is 5.77. The predicted octanol–water partition coefficient (Wildman–Crippen LogP) is 4.51. The van der Waals surface area contributed by atoms with Crippen molar-refractivity contribution >= 4 is 17.5 Å². The summed E-state index contributed by atoms with van der Waals surface area (Å²) in [5.74, 6) is 1.58. The molecule has 0 atom stereocenters. The molecule has 0 aromatic rings. The molecule has 2 aliphatic carbocycles. The summed E-state index contributed by atoms with van der Waals surface area (Å²) in [5, 5.41) is 3.64. The molecule has 0 heterocycles. The van der Waals surface area contributed by atoms with Crippen LogP contribution in [-0.4, -0.2) is 17.8 Å². The van der Waals surface area contributed by atoms with Crippen molar-refractivity contribution in [3.8, 4) is 0 Å². The SMILES string of the molecule is CC(C)CC1(C(=O)NCC2CCC(Cl)CC2)CCCC1. The zero-order chi connectivity index (χ0) is 14.6. The van der Waals surface area contributed by atoms with Crippen molar-refractivity contribution in [3.63, 3.8) is 0 Å². The number of rotatable bonds is 5. The van der Waals surface area contributed by atoms with Crippen molar-refractivity contribution in [3.05, 3.63) is 0 Å². The molecule has 0 aliphatic heterocycles. The summed E-state index contributed by atoms with van der Waals surface area (Å²) < 4.78 is 0. The normalized spacial score (nSPS) is 29.6. The van der Waals surface area contributed by atoms with Crippen LogP contribution in [0.1, 0.15) is 71.6 Å². The van der Waals surface area contributed by atoms with Crippen LogP contribution in [0, 0.1) is 17.3 Å². The second kappa shape index (κ2) is 7.15. The number of amides is 1. The highest BCUT2D eigenvalue weighted by Gasteiger charge is 2.41. The summed E-state index contributed by atoms with van der Waals surface area (Å²) in [5.41, 5.74) is -0.0577. The molecular weight excluding hydrogens is 270 g/mol. The number of halogens is 1. The average molecular weight is 300 g/mol. The first kappa shape index (κ1) is 16.1. The molecule has 3 heteroatoms. The van der Waals surface area contributed by atoms with Crippen LogP contribution in [0.5, 0.6) is 0 Å². The highest BCUT2D eigenvalue weighted by molar-refractivity contribution is 6.20. The fourth-order valence-electron chi connectivity index (χ4n) is 4.11. The van der Waals surface area contributed by atoms with Gasteiger partial charge in [-0.25, -0.2) is 0 Å². The van der Waals surface area contributed by atoms with Gasteiger partial charge in [0.1, 0.15) is 0 Å². The van der Waals surface area contributed by atoms with E-state index in [-0.39, 0.29) is 5.41 Å². The van der Waals surface area contributed by atoms with Crippen molar-refractivity contribution in [2.45, 2.75) is 77.0 Å². The Morgan fingerprint density at radius 3 is 2.35 bits per heavy atom. The van der Waals surface area contributed by atoms with E-state index >= 15 is 0 Å². The number of alkyl halides is 1. The highest BCUT2D eigenvalue weighted by atomic mass is 35.5. The first-order valence-corrected chi connectivity index (χ1v) is 8.88. The number of hydrogen-bond donors (Lipinski definition) is 1. The van der Waals surface area contributed by atoms with Crippen LogP contribution in [0.15, 0.2) is 0 Å². The van der Waals surface area contributed by atoms with Gasteiger partial charge in [-0.15, -0.1) is 11.6 Å². The van der Waals surface area contributed by atoms with Crippen LogP contribution in [0.4, 0.5) is 0 Å². The van der Waals surface area contributed by atoms with Gasteiger partial charge in [0.05, 0.1) is 0 Å². The molecule has 2 aliphatic rings. The minimum atomic E-state index is -0.0577. The number of hydrogen-bond acceptors (Lipinski definition) is 1. The van der Waals surface area contributed by atoms with Crippen molar-refractivity contribution in [2.75, 3.05) is 6.54 Å². The third kappa shape index (κ3) is 4.13. The van der Waals surface area contributed by atoms with Gasteiger partial charge in [-0.1, -0.05) is 26.7 Å². The fraction of sp³-hybridized carbons (Fsp3) is 0.941. The van der Waals surface area contributed by atoms with Crippen LogP contribution in [0.2, 0.25) is 0 Å². The van der Waals surface area contributed by atoms with Gasteiger partial charge in [0.15, 0.2) is 0 Å². The third-order valence-electron chi connectivity index (χ3n) is 5.17. The smallest absolute Gasteiger partial charge is 0.226 e. The summed E-state index contributed by atoms with van der Waals surface area (Å²) in [7, 11) is 0. The maximum absolute atomic E-state index is 12.7. The lowest BCUT2D eigenvalue weighted by Crippen LogP contribution is -2.42. The molecular formula is C17H30ClNO. The molecule has 2 nitrogen and oxygen atoms in total. The van der Waals surface area contributed by atoms with Crippen molar-refractivity contribution < 1.29 is 4.79 Å². The van der Waals surface area contributed by atoms with Crippen LogP contribution < -0.4 is 5.32 Å². The lowest BCUT2D eigenvalue weighted by molar-refractivity contribution is -0.132. The van der Waals surface area contributed by atoms with Gasteiger partial charge in [0.25, 0.3) is 0 Å². The van der Waals surface area contributed by atoms with E-state index in [9.17, 15) is 4.79 Å². The highest BCUT2D eigenvalue weighted by Crippen LogP contribution is 2.43. The number of carbonyl (C=O) groups excluding carboxylic acids is 1. The Labute approximate surface area is 129 Å². The minimum Gasteiger partial charge on any atom is -0.355 e. The average Bonchev–Trinajstić information content (AvgIpc) is 2.86. The molecule has 1 N–H and O–H groups in total. The molecule has 2 fully saturated rings. The molecule has 0 unspecified atom stereocenters. The zero-order valence-electron chi connectivity index (χ0n) is 13.1. The molecule has 2 saturated carbocycles. The topological polar surface area (TPSA) is 29.1 Å². The summed E-state index contributed by atoms with van der Waals surface area (Å²) in [6, 6.07) is 0. The Hall–Kier alpha value is -0.240. The van der Waals surface area contributed by atoms with Crippen molar-refractivity contribution in [1.82, 2.24) is 5.32 Å². The van der Waals surface area contributed by atoms with Gasteiger partial charge >= 0.3 is 0 Å². The first-order chi connectivity index (χ1) is 9.52. The second-order valence-electron chi connectivity index (χ2n) is 7.41. The Morgan fingerprint density at radius 1 is 1.20 bits per heavy atom. The molecule has 0 spiro atoms. The number of nitrogens with one attached hydrogen (secondary N) is 1. The van der Waals surface area contributed by atoms with Crippen molar-refractivity contribution in [2.24, 2.45) is 17.3 Å².